The first kappa shape index (κ1) is 21.3. The van der Waals surface area contributed by atoms with E-state index in [9.17, 15) is 13.2 Å². The largest absolute Gasteiger partial charge is 0.345 e. The number of carbonyl (C=O) groups is 1. The maximum absolute atomic E-state index is 13.3. The number of carbonyl (C=O) groups excluding carboxylic acids is 1. The summed E-state index contributed by atoms with van der Waals surface area (Å²) in [4.78, 5) is 18.6. The number of aromatic nitrogens is 4. The van der Waals surface area contributed by atoms with E-state index in [1.54, 1.807) is 38.4 Å². The van der Waals surface area contributed by atoms with Gasteiger partial charge in [-0.1, -0.05) is 6.07 Å². The summed E-state index contributed by atoms with van der Waals surface area (Å²) in [5.74, 6) is 0.487. The average molecular weight is 459 g/mol. The molecule has 4 aromatic rings. The van der Waals surface area contributed by atoms with E-state index in [2.05, 4.69) is 13.7 Å². The maximum atomic E-state index is 13.3. The third-order valence-corrected chi connectivity index (χ3v) is 7.48. The lowest BCUT2D eigenvalue weighted by Gasteiger charge is -2.17. The number of fused-ring (bicyclic) bond motifs is 2. The van der Waals surface area contributed by atoms with Crippen LogP contribution in [0.3, 0.4) is 0 Å². The minimum atomic E-state index is -3.81. The minimum Gasteiger partial charge on any atom is -0.345 e. The zero-order chi connectivity index (χ0) is 22.3. The first-order valence-electron chi connectivity index (χ1n) is 9.62. The lowest BCUT2D eigenvalue weighted by molar-refractivity contribution is 0.0827. The number of nitrogens with zero attached hydrogens (tertiary/aromatic N) is 6. The zero-order valence-electron chi connectivity index (χ0n) is 17.6. The van der Waals surface area contributed by atoms with Crippen LogP contribution in [0.4, 0.5) is 0 Å². The average Bonchev–Trinajstić information content (AvgIpc) is 3.35. The predicted molar refractivity (Wildman–Crippen MR) is 119 cm³/mol. The quantitative estimate of drug-likeness (QED) is 0.440. The van der Waals surface area contributed by atoms with Gasteiger partial charge in [0, 0.05) is 33.3 Å². The maximum Gasteiger partial charge on any atom is 0.253 e. The molecule has 11 heteroatoms. The van der Waals surface area contributed by atoms with Crippen molar-refractivity contribution in [1.29, 1.82) is 0 Å². The molecule has 0 atom stereocenters. The molecule has 9 nitrogen and oxygen atoms in total. The second kappa shape index (κ2) is 7.98. The van der Waals surface area contributed by atoms with Crippen molar-refractivity contribution in [3.05, 3.63) is 47.8 Å². The highest BCUT2D eigenvalue weighted by molar-refractivity contribution is 7.89. The normalized spacial score (nSPS) is 12.2. The Morgan fingerprint density at radius 2 is 1.87 bits per heavy atom. The molecule has 0 unspecified atom stereocenters. The highest BCUT2D eigenvalue weighted by Crippen LogP contribution is 2.26. The smallest absolute Gasteiger partial charge is 0.253 e. The molecule has 1 amide bonds. The van der Waals surface area contributed by atoms with Crippen LogP contribution in [0.2, 0.25) is 0 Å². The molecule has 31 heavy (non-hydrogen) atoms. The van der Waals surface area contributed by atoms with E-state index >= 15 is 0 Å². The van der Waals surface area contributed by atoms with Crippen molar-refractivity contribution in [2.75, 3.05) is 21.1 Å². The summed E-state index contributed by atoms with van der Waals surface area (Å²) in [5.41, 5.74) is 2.97. The van der Waals surface area contributed by atoms with Crippen LogP contribution in [-0.2, 0) is 23.1 Å². The van der Waals surface area contributed by atoms with Crippen molar-refractivity contribution in [1.82, 2.24) is 27.5 Å². The first-order valence-corrected chi connectivity index (χ1v) is 11.8. The van der Waals surface area contributed by atoms with E-state index < -0.39 is 10.0 Å². The zero-order valence-corrected chi connectivity index (χ0v) is 19.2. The molecule has 2 heterocycles. The number of rotatable bonds is 6. The van der Waals surface area contributed by atoms with Gasteiger partial charge < -0.3 is 9.47 Å². The lowest BCUT2D eigenvalue weighted by atomic mass is 10.2. The molecule has 2 aromatic heterocycles. The number of aryl methyl sites for hydroxylation is 1. The monoisotopic (exact) mass is 458 g/mol. The van der Waals surface area contributed by atoms with Crippen LogP contribution in [0.25, 0.3) is 22.1 Å². The Hall–Kier alpha value is -2.89. The van der Waals surface area contributed by atoms with Gasteiger partial charge in [0.25, 0.3) is 5.91 Å². The Kier molecular flexibility index (Phi) is 5.50. The van der Waals surface area contributed by atoms with E-state index in [0.29, 0.717) is 34.5 Å². The summed E-state index contributed by atoms with van der Waals surface area (Å²) in [6.45, 7) is 2.67. The van der Waals surface area contributed by atoms with Crippen molar-refractivity contribution < 1.29 is 13.2 Å². The highest BCUT2D eigenvalue weighted by Gasteiger charge is 2.26. The van der Waals surface area contributed by atoms with E-state index in [1.165, 1.54) is 22.3 Å². The standard InChI is InChI=1S/C20H22N6O3S2/c1-5-26-16-10-9-13(20(27)24(2)3)11-15(16)21-18(26)12-25(4)31(28,29)17-8-6-7-14-19(17)23-30-22-14/h6-11H,5,12H2,1-4H3. The molecule has 0 spiro atoms. The van der Waals surface area contributed by atoms with Crippen molar-refractivity contribution in [2.24, 2.45) is 0 Å². The van der Waals surface area contributed by atoms with Crippen LogP contribution in [-0.4, -0.2) is 63.0 Å². The molecule has 0 aliphatic heterocycles. The van der Waals surface area contributed by atoms with Gasteiger partial charge in [0.05, 0.1) is 29.3 Å². The van der Waals surface area contributed by atoms with Crippen LogP contribution in [0.1, 0.15) is 23.1 Å². The highest BCUT2D eigenvalue weighted by atomic mass is 32.2. The third kappa shape index (κ3) is 3.68. The number of imidazole rings is 1. The van der Waals surface area contributed by atoms with Gasteiger partial charge in [-0.25, -0.2) is 13.4 Å². The van der Waals surface area contributed by atoms with Crippen molar-refractivity contribution >= 4 is 49.7 Å². The predicted octanol–water partition coefficient (Wildman–Crippen LogP) is 2.58. The van der Waals surface area contributed by atoms with Gasteiger partial charge in [0.15, 0.2) is 0 Å². The van der Waals surface area contributed by atoms with Crippen molar-refractivity contribution in [2.45, 2.75) is 24.9 Å². The summed E-state index contributed by atoms with van der Waals surface area (Å²) in [5, 5.41) is 0. The Morgan fingerprint density at radius 1 is 1.10 bits per heavy atom. The number of hydrogen-bond donors (Lipinski definition) is 0. The van der Waals surface area contributed by atoms with Gasteiger partial charge in [0.2, 0.25) is 10.0 Å². The Bertz CT molecular complexity index is 1390. The van der Waals surface area contributed by atoms with Crippen molar-refractivity contribution in [3.63, 3.8) is 0 Å². The Balaban J connectivity index is 1.72. The molecular weight excluding hydrogens is 436 g/mol. The van der Waals surface area contributed by atoms with Gasteiger partial charge >= 0.3 is 0 Å². The number of amides is 1. The van der Waals surface area contributed by atoms with E-state index in [4.69, 9.17) is 0 Å². The summed E-state index contributed by atoms with van der Waals surface area (Å²) in [7, 11) is 1.11. The van der Waals surface area contributed by atoms with E-state index in [0.717, 1.165) is 17.2 Å². The fraction of sp³-hybridized carbons (Fsp3) is 0.300. The molecule has 0 fully saturated rings. The van der Waals surface area contributed by atoms with Gasteiger partial charge in [-0.2, -0.15) is 13.1 Å². The van der Waals surface area contributed by atoms with Gasteiger partial charge in [-0.3, -0.25) is 4.79 Å². The number of sulfonamides is 1. The van der Waals surface area contributed by atoms with Crippen LogP contribution in [0.5, 0.6) is 0 Å². The van der Waals surface area contributed by atoms with E-state index in [1.807, 2.05) is 17.6 Å². The number of benzene rings is 2. The molecule has 0 radical (unpaired) electrons. The van der Waals surface area contributed by atoms with Gasteiger partial charge in [-0.15, -0.1) is 0 Å². The molecule has 0 aliphatic rings. The second-order valence-corrected chi connectivity index (χ2v) is 9.87. The summed E-state index contributed by atoms with van der Waals surface area (Å²) >= 11 is 0.983. The van der Waals surface area contributed by atoms with Gasteiger partial charge in [-0.05, 0) is 37.3 Å². The van der Waals surface area contributed by atoms with Crippen LogP contribution in [0.15, 0.2) is 41.3 Å². The minimum absolute atomic E-state index is 0.0791. The van der Waals surface area contributed by atoms with Crippen LogP contribution >= 0.6 is 11.7 Å². The molecule has 0 aliphatic carbocycles. The van der Waals surface area contributed by atoms with Gasteiger partial charge in [0.1, 0.15) is 21.8 Å². The van der Waals surface area contributed by atoms with Crippen LogP contribution < -0.4 is 0 Å². The SMILES string of the molecule is CCn1c(CN(C)S(=O)(=O)c2cccc3nsnc23)nc2cc(C(=O)N(C)C)ccc21. The number of hydrogen-bond acceptors (Lipinski definition) is 7. The summed E-state index contributed by atoms with van der Waals surface area (Å²) in [6, 6.07) is 10.3. The summed E-state index contributed by atoms with van der Waals surface area (Å²) < 4.78 is 38.0. The Morgan fingerprint density at radius 3 is 2.58 bits per heavy atom. The molecule has 0 bridgehead atoms. The fourth-order valence-corrected chi connectivity index (χ4v) is 5.36. The molecular formula is C20H22N6O3S2. The fourth-order valence-electron chi connectivity index (χ4n) is 3.49. The van der Waals surface area contributed by atoms with E-state index in [-0.39, 0.29) is 17.3 Å². The van der Waals surface area contributed by atoms with Crippen molar-refractivity contribution in [3.8, 4) is 0 Å². The molecule has 0 saturated carbocycles. The molecule has 4 rings (SSSR count). The molecule has 0 N–H and O–H groups in total. The van der Waals surface area contributed by atoms with Crippen LogP contribution in [0, 0.1) is 0 Å². The topological polar surface area (TPSA) is 101 Å². The summed E-state index contributed by atoms with van der Waals surface area (Å²) in [6.07, 6.45) is 0. The lowest BCUT2D eigenvalue weighted by Crippen LogP contribution is -2.28. The molecule has 162 valence electrons. The molecule has 0 saturated heterocycles. The first-order chi connectivity index (χ1) is 14.7. The Labute approximate surface area is 184 Å². The third-order valence-electron chi connectivity index (χ3n) is 5.10. The molecule has 2 aromatic carbocycles. The second-order valence-electron chi connectivity index (χ2n) is 7.32.